The molecule has 2 N–H and O–H groups in total. The van der Waals surface area contributed by atoms with E-state index in [0.29, 0.717) is 0 Å². The van der Waals surface area contributed by atoms with Crippen molar-refractivity contribution >= 4 is 31.3 Å². The van der Waals surface area contributed by atoms with Gasteiger partial charge in [0.25, 0.3) is 0 Å². The van der Waals surface area contributed by atoms with Crippen LogP contribution in [0.25, 0.3) is 0 Å². The molecule has 0 aliphatic carbocycles. The Balaban J connectivity index is -0.0000000233. The predicted molar refractivity (Wildman–Crippen MR) is 39.9 cm³/mol. The van der Waals surface area contributed by atoms with Crippen molar-refractivity contribution in [3.8, 4) is 0 Å². The van der Waals surface area contributed by atoms with E-state index in [1.54, 1.807) is 0 Å². The Morgan fingerprint density at radius 1 is 1.56 bits per heavy atom. The molecule has 0 fully saturated rings. The van der Waals surface area contributed by atoms with Gasteiger partial charge in [0.1, 0.15) is 0 Å². The predicted octanol–water partition coefficient (Wildman–Crippen LogP) is 0.928. The Kier molecular flexibility index (Phi) is 58.3. The van der Waals surface area contributed by atoms with Gasteiger partial charge in [-0.1, -0.05) is 6.92 Å². The average Bonchev–Trinajstić information content (AvgIpc) is 1.33. The topological polar surface area (TPSA) is 57.5 Å². The molecule has 0 unspecified atom stereocenters. The number of rotatable bonds is 0. The van der Waals surface area contributed by atoms with E-state index < -0.39 is 8.25 Å². The summed E-state index contributed by atoms with van der Waals surface area (Å²) in [4.78, 5) is 14.2. The standard InChI is InChI=1S/C3H7.CH3.Mg.HO3P/c1-3-2;;;1-4(2)3/h1,3H2,2H3;1H3;;(H-,1,2,3)/q2*-1;+2;/p+1. The van der Waals surface area contributed by atoms with E-state index in [4.69, 9.17) is 14.4 Å². The Morgan fingerprint density at radius 2 is 1.56 bits per heavy atom. The molecule has 0 saturated carbocycles. The average molecular weight is 163 g/mol. The van der Waals surface area contributed by atoms with Crippen molar-refractivity contribution in [2.45, 2.75) is 13.3 Å². The van der Waals surface area contributed by atoms with Crippen LogP contribution in [0, 0.1) is 14.4 Å². The minimum absolute atomic E-state index is 0. The van der Waals surface area contributed by atoms with Crippen LogP contribution in [0.1, 0.15) is 13.3 Å². The van der Waals surface area contributed by atoms with Crippen LogP contribution in [0.15, 0.2) is 0 Å². The first-order chi connectivity index (χ1) is 3.15. The summed E-state index contributed by atoms with van der Waals surface area (Å²) in [5, 5.41) is 0. The molecule has 0 aromatic heterocycles. The molecule has 9 heavy (non-hydrogen) atoms. The van der Waals surface area contributed by atoms with Crippen molar-refractivity contribution in [3.63, 3.8) is 0 Å². The van der Waals surface area contributed by atoms with E-state index in [-0.39, 0.29) is 30.5 Å². The molecule has 3 nitrogen and oxygen atoms in total. The van der Waals surface area contributed by atoms with Crippen molar-refractivity contribution in [1.82, 2.24) is 0 Å². The second kappa shape index (κ2) is 23.3. The Hall–Kier alpha value is 0.786. The van der Waals surface area contributed by atoms with Crippen LogP contribution in [0.4, 0.5) is 0 Å². The summed E-state index contributed by atoms with van der Waals surface area (Å²) in [7, 11) is -2.87. The van der Waals surface area contributed by atoms with Gasteiger partial charge in [0, 0.05) is 4.57 Å². The van der Waals surface area contributed by atoms with Gasteiger partial charge in [-0.2, -0.15) is 6.42 Å². The van der Waals surface area contributed by atoms with E-state index >= 15 is 0 Å². The van der Waals surface area contributed by atoms with Gasteiger partial charge in [0.05, 0.1) is 0 Å². The van der Waals surface area contributed by atoms with E-state index in [1.165, 1.54) is 0 Å². The summed E-state index contributed by atoms with van der Waals surface area (Å²) in [6.07, 6.45) is 1.00. The van der Waals surface area contributed by atoms with Crippen molar-refractivity contribution in [2.24, 2.45) is 0 Å². The van der Waals surface area contributed by atoms with Gasteiger partial charge in [0.15, 0.2) is 0 Å². The van der Waals surface area contributed by atoms with Gasteiger partial charge < -0.3 is 14.4 Å². The summed E-state index contributed by atoms with van der Waals surface area (Å²) >= 11 is 0. The van der Waals surface area contributed by atoms with Crippen LogP contribution < -0.4 is 0 Å². The zero-order valence-corrected chi connectivity index (χ0v) is 8.18. The van der Waals surface area contributed by atoms with Crippen LogP contribution in [-0.4, -0.2) is 32.8 Å². The molecule has 0 bridgehead atoms. The van der Waals surface area contributed by atoms with Gasteiger partial charge in [-0.3, -0.25) is 0 Å². The van der Waals surface area contributed by atoms with E-state index in [9.17, 15) is 0 Å². The zero-order chi connectivity index (χ0) is 6.28. The second-order valence-electron chi connectivity index (χ2n) is 0.753. The largest absolute Gasteiger partial charge is 2.00 e. The smallest absolute Gasteiger partial charge is 0.358 e. The van der Waals surface area contributed by atoms with Crippen LogP contribution >= 0.6 is 8.25 Å². The maximum atomic E-state index is 8.70. The summed E-state index contributed by atoms with van der Waals surface area (Å²) in [6, 6.07) is 0. The molecule has 0 aliphatic heterocycles. The first-order valence-corrected chi connectivity index (χ1v) is 2.95. The minimum Gasteiger partial charge on any atom is -0.358 e. The zero-order valence-electron chi connectivity index (χ0n) is 5.87. The molecular weight excluding hydrogens is 151 g/mol. The molecule has 0 aromatic carbocycles. The first kappa shape index (κ1) is 22.6. The molecule has 0 rings (SSSR count). The van der Waals surface area contributed by atoms with Gasteiger partial charge in [0.2, 0.25) is 0 Å². The van der Waals surface area contributed by atoms with E-state index in [0.717, 1.165) is 6.42 Å². The fraction of sp³-hybridized carbons (Fsp3) is 0.500. The molecule has 0 spiro atoms. The molecular formula is C4H12MgO3P+. The van der Waals surface area contributed by atoms with E-state index in [2.05, 4.69) is 6.92 Å². The Bertz CT molecular complexity index is 47.1. The van der Waals surface area contributed by atoms with Crippen LogP contribution in [0.2, 0.25) is 0 Å². The third-order valence-electron chi connectivity index (χ3n) is 0. The Morgan fingerprint density at radius 3 is 1.56 bits per heavy atom. The van der Waals surface area contributed by atoms with Gasteiger partial charge in [-0.05, 0) is 0 Å². The second-order valence-corrected chi connectivity index (χ2v) is 1.26. The molecule has 52 valence electrons. The van der Waals surface area contributed by atoms with Gasteiger partial charge in [-0.15, -0.1) is 9.79 Å². The molecule has 5 heteroatoms. The van der Waals surface area contributed by atoms with Crippen molar-refractivity contribution < 1.29 is 14.4 Å². The van der Waals surface area contributed by atoms with E-state index in [1.807, 2.05) is 6.92 Å². The molecule has 0 amide bonds. The molecule has 0 aliphatic rings. The van der Waals surface area contributed by atoms with Crippen molar-refractivity contribution in [1.29, 1.82) is 0 Å². The maximum absolute atomic E-state index is 8.70. The van der Waals surface area contributed by atoms with Crippen molar-refractivity contribution in [2.75, 3.05) is 0 Å². The quantitative estimate of drug-likeness (QED) is 0.317. The van der Waals surface area contributed by atoms with Gasteiger partial charge in [-0.25, -0.2) is 0 Å². The number of hydrogen-bond donors (Lipinski definition) is 2. The summed E-state index contributed by atoms with van der Waals surface area (Å²) in [6.45, 7) is 5.50. The molecule has 0 radical (unpaired) electrons. The fourth-order valence-electron chi connectivity index (χ4n) is 0. The van der Waals surface area contributed by atoms with Crippen LogP contribution in [-0.2, 0) is 4.57 Å². The SMILES string of the molecule is O=[P+](O)O.[CH2-]CC.[CH3-].[Mg+2]. The fourth-order valence-corrected chi connectivity index (χ4v) is 0. The van der Waals surface area contributed by atoms with Crippen LogP contribution in [0.5, 0.6) is 0 Å². The monoisotopic (exact) mass is 163 g/mol. The summed E-state index contributed by atoms with van der Waals surface area (Å²) in [5.74, 6) is 0. The number of hydrogen-bond acceptors (Lipinski definition) is 1. The summed E-state index contributed by atoms with van der Waals surface area (Å²) < 4.78 is 8.70. The normalized spacial score (nSPS) is 4.89. The summed E-state index contributed by atoms with van der Waals surface area (Å²) in [5.41, 5.74) is 0. The van der Waals surface area contributed by atoms with Crippen LogP contribution in [0.3, 0.4) is 0 Å². The molecule has 0 aromatic rings. The minimum atomic E-state index is -2.87. The maximum Gasteiger partial charge on any atom is 2.00 e. The van der Waals surface area contributed by atoms with Gasteiger partial charge >= 0.3 is 31.3 Å². The van der Waals surface area contributed by atoms with Crippen molar-refractivity contribution in [3.05, 3.63) is 14.4 Å². The molecule has 0 atom stereocenters. The third kappa shape index (κ3) is 655. The third-order valence-corrected chi connectivity index (χ3v) is 0. The molecule has 0 heterocycles. The molecule has 0 saturated heterocycles. The first-order valence-electron chi connectivity index (χ1n) is 1.79. The Labute approximate surface area is 73.6 Å².